The summed E-state index contributed by atoms with van der Waals surface area (Å²) in [7, 11) is 0. The number of carbonyl (C=O) groups is 2. The first kappa shape index (κ1) is 22.3. The van der Waals surface area contributed by atoms with Crippen molar-refractivity contribution in [1.29, 1.82) is 0 Å². The Hall–Kier alpha value is -2.47. The van der Waals surface area contributed by atoms with Crippen LogP contribution in [0.2, 0.25) is 5.02 Å². The van der Waals surface area contributed by atoms with Crippen molar-refractivity contribution < 1.29 is 14.7 Å². The van der Waals surface area contributed by atoms with Gasteiger partial charge < -0.3 is 10.0 Å². The van der Waals surface area contributed by atoms with Gasteiger partial charge in [0.2, 0.25) is 0 Å². The molecule has 1 aliphatic heterocycles. The zero-order valence-electron chi connectivity index (χ0n) is 18.0. The first-order chi connectivity index (χ1) is 15.9. The van der Waals surface area contributed by atoms with Crippen molar-refractivity contribution >= 4 is 44.9 Å². The summed E-state index contributed by atoms with van der Waals surface area (Å²) in [4.78, 5) is 28.4. The number of halogens is 2. The molecular weight excluding hydrogens is 502 g/mol. The summed E-state index contributed by atoms with van der Waals surface area (Å²) in [5, 5.41) is 12.2. The van der Waals surface area contributed by atoms with Crippen LogP contribution in [0.1, 0.15) is 51.9 Å². The Kier molecular flexibility index (Phi) is 5.89. The molecule has 0 fully saturated rings. The third kappa shape index (κ3) is 4.03. The number of hydrogen-bond donors (Lipinski definition) is 1. The van der Waals surface area contributed by atoms with Crippen LogP contribution in [0.15, 0.2) is 65.1 Å². The number of Topliss-reactive ketones (excluding diaryl/α,β-unsaturated/α-hetero) is 1. The summed E-state index contributed by atoms with van der Waals surface area (Å²) in [6.45, 7) is 0.211. The van der Waals surface area contributed by atoms with Crippen LogP contribution in [0.25, 0.3) is 0 Å². The Morgan fingerprint density at radius 2 is 1.79 bits per heavy atom. The summed E-state index contributed by atoms with van der Waals surface area (Å²) in [5.41, 5.74) is 2.87. The maximum Gasteiger partial charge on any atom is 0.264 e. The maximum absolute atomic E-state index is 13.6. The van der Waals surface area contributed by atoms with Gasteiger partial charge >= 0.3 is 0 Å². The van der Waals surface area contributed by atoms with Gasteiger partial charge in [0.15, 0.2) is 11.4 Å². The molecular formula is C27H23BrClNO3. The van der Waals surface area contributed by atoms with E-state index in [9.17, 15) is 14.7 Å². The van der Waals surface area contributed by atoms with E-state index in [-0.39, 0.29) is 18.7 Å². The molecule has 0 unspecified atom stereocenters. The van der Waals surface area contributed by atoms with Crippen molar-refractivity contribution in [1.82, 2.24) is 0 Å². The van der Waals surface area contributed by atoms with Crippen LogP contribution in [-0.2, 0) is 29.8 Å². The second-order valence-corrected chi connectivity index (χ2v) is 10.1. The fraction of sp³-hybridized carbons (Fsp3) is 0.259. The summed E-state index contributed by atoms with van der Waals surface area (Å²) >= 11 is 9.77. The van der Waals surface area contributed by atoms with Gasteiger partial charge in [0.1, 0.15) is 0 Å². The molecule has 1 amide bonds. The van der Waals surface area contributed by atoms with E-state index in [1.807, 2.05) is 42.5 Å². The van der Waals surface area contributed by atoms with Gasteiger partial charge in [0, 0.05) is 20.6 Å². The molecule has 0 aromatic heterocycles. The zero-order chi connectivity index (χ0) is 23.2. The van der Waals surface area contributed by atoms with Gasteiger partial charge in [0.25, 0.3) is 5.91 Å². The molecule has 1 heterocycles. The van der Waals surface area contributed by atoms with Crippen molar-refractivity contribution in [3.8, 4) is 0 Å². The molecule has 1 N–H and O–H groups in total. The Bertz CT molecular complexity index is 1270. The normalized spacial score (nSPS) is 19.4. The molecule has 1 aliphatic carbocycles. The first-order valence-electron chi connectivity index (χ1n) is 11.1. The Morgan fingerprint density at radius 3 is 2.58 bits per heavy atom. The lowest BCUT2D eigenvalue weighted by Gasteiger charge is -2.23. The van der Waals surface area contributed by atoms with E-state index in [0.717, 1.165) is 29.3 Å². The highest BCUT2D eigenvalue weighted by Gasteiger charge is 2.51. The fourth-order valence-corrected chi connectivity index (χ4v) is 5.45. The Labute approximate surface area is 206 Å². The van der Waals surface area contributed by atoms with E-state index in [4.69, 9.17) is 11.6 Å². The van der Waals surface area contributed by atoms with Gasteiger partial charge in [0.05, 0.1) is 18.7 Å². The highest BCUT2D eigenvalue weighted by Crippen LogP contribution is 2.45. The molecule has 0 radical (unpaired) electrons. The Morgan fingerprint density at radius 1 is 1.03 bits per heavy atom. The second kappa shape index (κ2) is 8.71. The second-order valence-electron chi connectivity index (χ2n) is 8.80. The van der Waals surface area contributed by atoms with Crippen LogP contribution in [0.4, 0.5) is 5.69 Å². The van der Waals surface area contributed by atoms with E-state index in [1.54, 1.807) is 18.2 Å². The van der Waals surface area contributed by atoms with E-state index in [2.05, 4.69) is 15.9 Å². The van der Waals surface area contributed by atoms with Crippen molar-refractivity contribution in [3.05, 3.63) is 98.0 Å². The average molecular weight is 525 g/mol. The van der Waals surface area contributed by atoms with Crippen LogP contribution in [0.5, 0.6) is 0 Å². The van der Waals surface area contributed by atoms with Crippen molar-refractivity contribution in [2.45, 2.75) is 44.2 Å². The lowest BCUT2D eigenvalue weighted by molar-refractivity contribution is -0.136. The number of benzene rings is 3. The van der Waals surface area contributed by atoms with E-state index in [1.165, 1.54) is 22.4 Å². The molecule has 0 saturated carbocycles. The molecule has 6 heteroatoms. The number of carbonyl (C=O) groups excluding carboxylic acids is 2. The summed E-state index contributed by atoms with van der Waals surface area (Å²) in [6, 6.07) is 18.4. The largest absolute Gasteiger partial charge is 0.375 e. The molecule has 0 spiro atoms. The van der Waals surface area contributed by atoms with Gasteiger partial charge in [-0.15, -0.1) is 0 Å². The number of hydrogen-bond acceptors (Lipinski definition) is 3. The van der Waals surface area contributed by atoms with Gasteiger partial charge in [-0.05, 0) is 72.7 Å². The van der Waals surface area contributed by atoms with Crippen LogP contribution in [-0.4, -0.2) is 16.8 Å². The molecule has 4 nitrogen and oxygen atoms in total. The standard InChI is InChI=1S/C27H23BrClNO3/c28-21-11-12-24-22(14-21)27(33,26(32)30(24)16-20-7-3-4-8-23(20)29)15-25(31)19-10-9-17-5-1-2-6-18(17)13-19/h3-4,7-14,33H,1-2,5-6,15-16H2/t27-/m1/s1. The quantitative estimate of drug-likeness (QED) is 0.417. The highest BCUT2D eigenvalue weighted by molar-refractivity contribution is 9.10. The lowest BCUT2D eigenvalue weighted by Crippen LogP contribution is -2.41. The number of aliphatic hydroxyl groups is 1. The molecule has 0 saturated heterocycles. The number of aryl methyl sites for hydroxylation is 2. The van der Waals surface area contributed by atoms with Crippen LogP contribution >= 0.6 is 27.5 Å². The minimum absolute atomic E-state index is 0.211. The van der Waals surface area contributed by atoms with Crippen LogP contribution in [0.3, 0.4) is 0 Å². The number of ketones is 1. The van der Waals surface area contributed by atoms with Gasteiger partial charge in [-0.1, -0.05) is 57.9 Å². The predicted octanol–water partition coefficient (Wildman–Crippen LogP) is 5.99. The summed E-state index contributed by atoms with van der Waals surface area (Å²) in [5.74, 6) is -0.758. The summed E-state index contributed by atoms with van der Waals surface area (Å²) < 4.78 is 0.730. The number of fused-ring (bicyclic) bond motifs is 2. The third-order valence-corrected chi connectivity index (χ3v) is 7.53. The maximum atomic E-state index is 13.6. The number of amides is 1. The molecule has 168 valence electrons. The number of rotatable bonds is 5. The molecule has 0 bridgehead atoms. The summed E-state index contributed by atoms with van der Waals surface area (Å²) in [6.07, 6.45) is 3.96. The molecule has 1 atom stereocenters. The van der Waals surface area contributed by atoms with E-state index >= 15 is 0 Å². The smallest absolute Gasteiger partial charge is 0.264 e. The lowest BCUT2D eigenvalue weighted by atomic mass is 9.85. The third-order valence-electron chi connectivity index (χ3n) is 6.67. The topological polar surface area (TPSA) is 57.6 Å². The molecule has 5 rings (SSSR count). The molecule has 3 aromatic rings. The van der Waals surface area contributed by atoms with Crippen LogP contribution < -0.4 is 4.90 Å². The monoisotopic (exact) mass is 523 g/mol. The van der Waals surface area contributed by atoms with E-state index in [0.29, 0.717) is 21.8 Å². The first-order valence-corrected chi connectivity index (χ1v) is 12.3. The fourth-order valence-electron chi connectivity index (χ4n) is 4.89. The van der Waals surface area contributed by atoms with E-state index < -0.39 is 11.5 Å². The van der Waals surface area contributed by atoms with Crippen molar-refractivity contribution in [2.75, 3.05) is 4.90 Å². The SMILES string of the molecule is O=C(C[C@]1(O)C(=O)N(Cc2ccccc2Cl)c2ccc(Br)cc21)c1ccc2c(c1)CCCC2. The van der Waals surface area contributed by atoms with Crippen molar-refractivity contribution in [2.24, 2.45) is 0 Å². The zero-order valence-corrected chi connectivity index (χ0v) is 20.3. The van der Waals surface area contributed by atoms with Gasteiger partial charge in [-0.2, -0.15) is 0 Å². The predicted molar refractivity (Wildman–Crippen MR) is 133 cm³/mol. The van der Waals surface area contributed by atoms with Crippen LogP contribution in [0, 0.1) is 0 Å². The molecule has 33 heavy (non-hydrogen) atoms. The number of nitrogens with zero attached hydrogens (tertiary/aromatic N) is 1. The van der Waals surface area contributed by atoms with Crippen molar-refractivity contribution in [3.63, 3.8) is 0 Å². The molecule has 3 aromatic carbocycles. The minimum Gasteiger partial charge on any atom is -0.375 e. The average Bonchev–Trinajstić information content (AvgIpc) is 3.01. The minimum atomic E-state index is -1.94. The molecule has 2 aliphatic rings. The Balaban J connectivity index is 1.49. The number of anilines is 1. The van der Waals surface area contributed by atoms with Gasteiger partial charge in [-0.25, -0.2) is 0 Å². The highest BCUT2D eigenvalue weighted by atomic mass is 79.9. The van der Waals surface area contributed by atoms with Gasteiger partial charge in [-0.3, -0.25) is 9.59 Å².